The van der Waals surface area contributed by atoms with E-state index in [4.69, 9.17) is 37.3 Å². The second-order valence-corrected chi connectivity index (χ2v) is 2.27. The van der Waals surface area contributed by atoms with Gasteiger partial charge in [-0.25, -0.2) is 37.3 Å². The largest absolute Gasteiger partial charge is 2.00 e. The zero-order valence-electron chi connectivity index (χ0n) is 4.79. The fraction of sp³-hybridized carbons (Fsp3) is 0. The van der Waals surface area contributed by atoms with Crippen molar-refractivity contribution in [1.29, 1.82) is 0 Å². The summed E-state index contributed by atoms with van der Waals surface area (Å²) in [6.07, 6.45) is 0. The summed E-state index contributed by atoms with van der Waals surface area (Å²) in [6, 6.07) is 0. The third-order valence-electron chi connectivity index (χ3n) is 0. The summed E-state index contributed by atoms with van der Waals surface area (Å²) >= 11 is 0. The molecule has 0 rings (SSSR count). The predicted octanol–water partition coefficient (Wildman–Crippen LogP) is -10.00. The van der Waals surface area contributed by atoms with Gasteiger partial charge in [-0.3, -0.25) is 0 Å². The van der Waals surface area contributed by atoms with Gasteiger partial charge >= 0.3 is 16.5 Å². The molecule has 0 heterocycles. The van der Waals surface area contributed by atoms with Crippen molar-refractivity contribution in [2.45, 2.75) is 0 Å². The molecule has 77 valence electrons. The van der Waals surface area contributed by atoms with Crippen LogP contribution in [-0.2, 0) is 16.5 Å². The standard InChI is InChI=1S/2ClHO4.N.Ni/c2*2-1(3,4)5;;/h2*(H,2,3,4,5);;/q;;;+2/p-2. The first-order chi connectivity index (χ1) is 4.00. The Morgan fingerprint density at radius 2 is 0.500 bits per heavy atom. The van der Waals surface area contributed by atoms with E-state index in [1.165, 1.54) is 0 Å². The molecule has 0 amide bonds. The quantitative estimate of drug-likeness (QED) is 0.384. The fourth-order valence-electron chi connectivity index (χ4n) is 0. The molecule has 0 aromatic rings. The summed E-state index contributed by atoms with van der Waals surface area (Å²) in [6.45, 7) is 0. The van der Waals surface area contributed by atoms with Crippen molar-refractivity contribution >= 4 is 0 Å². The van der Waals surface area contributed by atoms with Crippen molar-refractivity contribution < 1.29 is 74.2 Å². The molecule has 0 bridgehead atoms. The zero-order chi connectivity index (χ0) is 9.00. The van der Waals surface area contributed by atoms with Crippen LogP contribution in [-0.4, -0.2) is 0 Å². The van der Waals surface area contributed by atoms with E-state index in [-0.39, 0.29) is 22.6 Å². The van der Waals surface area contributed by atoms with Crippen molar-refractivity contribution in [3.8, 4) is 0 Å². The van der Waals surface area contributed by atoms with Gasteiger partial charge in [0.15, 0.2) is 0 Å². The minimum absolute atomic E-state index is 0. The Kier molecular flexibility index (Phi) is 15.9. The third-order valence-corrected chi connectivity index (χ3v) is 0. The Morgan fingerprint density at radius 3 is 0.500 bits per heavy atom. The van der Waals surface area contributed by atoms with E-state index in [2.05, 4.69) is 0 Å². The summed E-state index contributed by atoms with van der Waals surface area (Å²) in [4.78, 5) is 0. The molecule has 0 fully saturated rings. The summed E-state index contributed by atoms with van der Waals surface area (Å²) in [7, 11) is -9.89. The van der Waals surface area contributed by atoms with Crippen molar-refractivity contribution in [2.75, 3.05) is 0 Å². The first-order valence-electron chi connectivity index (χ1n) is 1.23. The van der Waals surface area contributed by atoms with Gasteiger partial charge in [-0.15, -0.1) is 20.5 Å². The van der Waals surface area contributed by atoms with E-state index < -0.39 is 20.5 Å². The molecule has 0 atom stereocenters. The number of nitrogens with zero attached hydrogens (tertiary/aromatic N) is 1. The number of rotatable bonds is 0. The molecule has 0 aliphatic heterocycles. The van der Waals surface area contributed by atoms with Crippen LogP contribution in [0, 0.1) is 20.5 Å². The first-order valence-corrected chi connectivity index (χ1v) is 3.70. The Hall–Kier alpha value is 0.714. The maximum Gasteiger partial charge on any atom is 2.00 e. The van der Waals surface area contributed by atoms with Gasteiger partial charge in [0.1, 0.15) is 0 Å². The van der Waals surface area contributed by atoms with Gasteiger partial charge in [0, 0.05) is 6.15 Å². The van der Waals surface area contributed by atoms with Crippen LogP contribution in [0.15, 0.2) is 0 Å². The van der Waals surface area contributed by atoms with E-state index in [1.807, 2.05) is 0 Å². The second kappa shape index (κ2) is 8.32. The van der Waals surface area contributed by atoms with Gasteiger partial charge < -0.3 is 0 Å². The molecule has 0 N–H and O–H groups in total. The van der Waals surface area contributed by atoms with E-state index in [9.17, 15) is 0 Å². The Morgan fingerprint density at radius 1 is 0.500 bits per heavy atom. The van der Waals surface area contributed by atoms with Crippen molar-refractivity contribution in [1.82, 2.24) is 6.15 Å². The maximum atomic E-state index is 8.49. The van der Waals surface area contributed by atoms with Gasteiger partial charge in [0.05, 0.1) is 0 Å². The monoisotopic (exact) mass is 270 g/mol. The van der Waals surface area contributed by atoms with Gasteiger partial charge in [0.25, 0.3) is 0 Å². The van der Waals surface area contributed by atoms with Crippen LogP contribution < -0.4 is 43.4 Å². The summed E-state index contributed by atoms with van der Waals surface area (Å²) in [5, 5.41) is 0. The van der Waals surface area contributed by atoms with E-state index in [1.54, 1.807) is 0 Å². The Labute approximate surface area is 80.8 Å². The molecule has 0 unspecified atom stereocenters. The van der Waals surface area contributed by atoms with Gasteiger partial charge in [-0.2, -0.15) is 0 Å². The molecule has 3 radical (unpaired) electrons. The molecule has 0 spiro atoms. The minimum atomic E-state index is -4.94. The van der Waals surface area contributed by atoms with Gasteiger partial charge in [-0.1, -0.05) is 0 Å². The van der Waals surface area contributed by atoms with Crippen LogP contribution in [0.4, 0.5) is 0 Å². The third kappa shape index (κ3) is 1990. The average Bonchev–Trinajstić information content (AvgIpc) is 1.12. The number of halogens is 2. The Balaban J connectivity index is -0.0000000457. The van der Waals surface area contributed by atoms with Gasteiger partial charge in [-0.05, 0) is 0 Å². The van der Waals surface area contributed by atoms with E-state index >= 15 is 0 Å². The van der Waals surface area contributed by atoms with Gasteiger partial charge in [0.2, 0.25) is 0 Å². The molecule has 0 saturated carbocycles. The molecule has 12 heteroatoms. The smallest absolute Gasteiger partial charge is 0.222 e. The molecular formula is Cl2NNiO8. The SMILES string of the molecule is [N].[Ni+2].[O-][Cl+3]([O-])([O-])[O-].[O-][Cl+3]([O-])([O-])[O-]. The van der Waals surface area contributed by atoms with E-state index in [0.29, 0.717) is 0 Å². The second-order valence-electron chi connectivity index (χ2n) is 0.756. The van der Waals surface area contributed by atoms with Crippen molar-refractivity contribution in [2.24, 2.45) is 0 Å². The summed E-state index contributed by atoms with van der Waals surface area (Å²) in [5.74, 6) is 0. The predicted molar refractivity (Wildman–Crippen MR) is 2.13 cm³/mol. The average molecular weight is 272 g/mol. The molecule has 0 saturated heterocycles. The topological polar surface area (TPSA) is 215 Å². The Bertz CT molecular complexity index is 60.0. The number of hydrogen-bond donors (Lipinski definition) is 0. The van der Waals surface area contributed by atoms with E-state index in [0.717, 1.165) is 0 Å². The molecule has 12 heavy (non-hydrogen) atoms. The fourth-order valence-corrected chi connectivity index (χ4v) is 0. The summed E-state index contributed by atoms with van der Waals surface area (Å²) < 4.78 is 67.9. The van der Waals surface area contributed by atoms with Crippen LogP contribution in [0.5, 0.6) is 0 Å². The molecular weight excluding hydrogens is 272 g/mol. The van der Waals surface area contributed by atoms with Crippen LogP contribution in [0.3, 0.4) is 0 Å². The molecule has 9 nitrogen and oxygen atoms in total. The number of hydrogen-bond acceptors (Lipinski definition) is 8. The first kappa shape index (κ1) is 23.0. The van der Waals surface area contributed by atoms with Crippen molar-refractivity contribution in [3.63, 3.8) is 0 Å². The summed E-state index contributed by atoms with van der Waals surface area (Å²) in [5.41, 5.74) is 0. The van der Waals surface area contributed by atoms with Crippen LogP contribution >= 0.6 is 0 Å². The van der Waals surface area contributed by atoms with Crippen LogP contribution in [0.25, 0.3) is 0 Å². The minimum Gasteiger partial charge on any atom is -0.222 e. The van der Waals surface area contributed by atoms with Crippen molar-refractivity contribution in [3.05, 3.63) is 0 Å². The molecule has 0 aliphatic carbocycles. The molecule has 0 aromatic carbocycles. The zero-order valence-corrected chi connectivity index (χ0v) is 7.28. The normalized spacial score (nSPS) is 10.0. The maximum absolute atomic E-state index is 8.49. The molecule has 0 aliphatic rings. The van der Waals surface area contributed by atoms with Crippen LogP contribution in [0.2, 0.25) is 0 Å². The van der Waals surface area contributed by atoms with Crippen LogP contribution in [0.1, 0.15) is 0 Å². The molecule has 0 aromatic heterocycles.